The summed E-state index contributed by atoms with van der Waals surface area (Å²) in [6.07, 6.45) is 7.01. The van der Waals surface area contributed by atoms with E-state index in [1.807, 2.05) is 30.5 Å². The second-order valence-corrected chi connectivity index (χ2v) is 5.56. The Labute approximate surface area is 134 Å². The molecule has 21 heavy (non-hydrogen) atoms. The van der Waals surface area contributed by atoms with Crippen LogP contribution in [0.1, 0.15) is 16.7 Å². The number of halogens is 1. The van der Waals surface area contributed by atoms with Crippen molar-refractivity contribution < 1.29 is 4.74 Å². The lowest BCUT2D eigenvalue weighted by molar-refractivity contribution is 0.368. The average Bonchev–Trinajstić information content (AvgIpc) is 2.47. The van der Waals surface area contributed by atoms with Gasteiger partial charge in [0.05, 0.1) is 10.2 Å². The van der Waals surface area contributed by atoms with Gasteiger partial charge in [-0.1, -0.05) is 12.0 Å². The highest BCUT2D eigenvalue weighted by atomic mass is 79.9. The lowest BCUT2D eigenvalue weighted by Crippen LogP contribution is -1.94. The van der Waals surface area contributed by atoms with Crippen molar-refractivity contribution in [3.63, 3.8) is 0 Å². The molecular formula is C18H16BrNO. The highest BCUT2D eigenvalue weighted by Gasteiger charge is 2.01. The summed E-state index contributed by atoms with van der Waals surface area (Å²) in [6, 6.07) is 11.9. The first kappa shape index (κ1) is 15.3. The van der Waals surface area contributed by atoms with Crippen molar-refractivity contribution in [2.45, 2.75) is 13.8 Å². The highest BCUT2D eigenvalue weighted by molar-refractivity contribution is 9.10. The molecule has 0 unspecified atom stereocenters. The third-order valence-corrected chi connectivity index (χ3v) is 3.74. The Morgan fingerprint density at radius 3 is 2.67 bits per heavy atom. The van der Waals surface area contributed by atoms with Crippen LogP contribution in [0.5, 0.6) is 5.75 Å². The fourth-order valence-corrected chi connectivity index (χ4v) is 2.30. The molecule has 0 heterocycles. The third kappa shape index (κ3) is 4.21. The second-order valence-electron chi connectivity index (χ2n) is 4.71. The zero-order valence-corrected chi connectivity index (χ0v) is 13.6. The zero-order chi connectivity index (χ0) is 15.2. The van der Waals surface area contributed by atoms with Crippen molar-refractivity contribution in [1.29, 1.82) is 0 Å². The van der Waals surface area contributed by atoms with Crippen LogP contribution < -0.4 is 4.74 Å². The van der Waals surface area contributed by atoms with E-state index >= 15 is 0 Å². The molecule has 0 N–H and O–H groups in total. The maximum absolute atomic E-state index is 5.41. The summed E-state index contributed by atoms with van der Waals surface area (Å²) in [5, 5.41) is 0. The molecule has 2 aromatic carbocycles. The smallest absolute Gasteiger partial charge is 0.148 e. The third-order valence-electron chi connectivity index (χ3n) is 3.12. The second kappa shape index (κ2) is 7.10. The molecule has 0 bridgehead atoms. The number of rotatable bonds is 4. The van der Waals surface area contributed by atoms with Crippen molar-refractivity contribution in [1.82, 2.24) is 0 Å². The molecule has 0 spiro atoms. The van der Waals surface area contributed by atoms with Gasteiger partial charge in [0.1, 0.15) is 12.4 Å². The summed E-state index contributed by atoms with van der Waals surface area (Å²) in [7, 11) is 0. The Morgan fingerprint density at radius 2 is 2.00 bits per heavy atom. The Kier molecular flexibility index (Phi) is 5.19. The average molecular weight is 342 g/mol. The monoisotopic (exact) mass is 341 g/mol. The Balaban J connectivity index is 2.15. The minimum atomic E-state index is 0.259. The number of benzene rings is 2. The van der Waals surface area contributed by atoms with Crippen LogP contribution in [0.3, 0.4) is 0 Å². The number of ether oxygens (including phenoxy) is 1. The number of hydrogen-bond acceptors (Lipinski definition) is 2. The first-order chi connectivity index (χ1) is 10.1. The van der Waals surface area contributed by atoms with Gasteiger partial charge in [-0.3, -0.25) is 4.99 Å². The molecule has 0 saturated heterocycles. The summed E-state index contributed by atoms with van der Waals surface area (Å²) in [4.78, 5) is 4.49. The minimum absolute atomic E-state index is 0.259. The molecule has 0 saturated carbocycles. The van der Waals surface area contributed by atoms with E-state index in [1.165, 1.54) is 11.1 Å². The van der Waals surface area contributed by atoms with E-state index in [-0.39, 0.29) is 6.61 Å². The number of aliphatic imine (C=N–C) groups is 1. The molecule has 3 heteroatoms. The molecule has 0 aliphatic heterocycles. The van der Waals surface area contributed by atoms with Crippen molar-refractivity contribution in [3.8, 4) is 18.1 Å². The summed E-state index contributed by atoms with van der Waals surface area (Å²) >= 11 is 3.47. The van der Waals surface area contributed by atoms with E-state index in [0.29, 0.717) is 0 Å². The summed E-state index contributed by atoms with van der Waals surface area (Å²) in [6.45, 7) is 4.44. The van der Waals surface area contributed by atoms with E-state index in [4.69, 9.17) is 11.2 Å². The number of hydrogen-bond donors (Lipinski definition) is 0. The van der Waals surface area contributed by atoms with Crippen molar-refractivity contribution in [2.24, 2.45) is 4.99 Å². The van der Waals surface area contributed by atoms with Crippen LogP contribution in [-0.2, 0) is 0 Å². The van der Waals surface area contributed by atoms with Gasteiger partial charge in [-0.25, -0.2) is 0 Å². The first-order valence-corrected chi connectivity index (χ1v) is 7.36. The Bertz CT molecular complexity index is 714. The molecule has 0 aliphatic rings. The van der Waals surface area contributed by atoms with Gasteiger partial charge < -0.3 is 4.74 Å². The molecule has 0 aliphatic carbocycles. The van der Waals surface area contributed by atoms with Crippen molar-refractivity contribution in [3.05, 3.63) is 57.6 Å². The minimum Gasteiger partial charge on any atom is -0.480 e. The van der Waals surface area contributed by atoms with Crippen LogP contribution in [0.2, 0.25) is 0 Å². The van der Waals surface area contributed by atoms with Crippen LogP contribution in [0.15, 0.2) is 45.9 Å². The number of terminal acetylenes is 1. The van der Waals surface area contributed by atoms with Gasteiger partial charge in [0.15, 0.2) is 0 Å². The molecule has 2 aromatic rings. The van der Waals surface area contributed by atoms with Gasteiger partial charge in [0.25, 0.3) is 0 Å². The van der Waals surface area contributed by atoms with Crippen LogP contribution in [0, 0.1) is 26.2 Å². The van der Waals surface area contributed by atoms with E-state index in [2.05, 4.69) is 52.8 Å². The molecule has 106 valence electrons. The molecule has 0 aromatic heterocycles. The van der Waals surface area contributed by atoms with Gasteiger partial charge in [0, 0.05) is 6.21 Å². The van der Waals surface area contributed by atoms with Gasteiger partial charge in [-0.15, -0.1) is 6.42 Å². The summed E-state index contributed by atoms with van der Waals surface area (Å²) in [5.41, 5.74) is 4.45. The van der Waals surface area contributed by atoms with Gasteiger partial charge in [-0.2, -0.15) is 0 Å². The van der Waals surface area contributed by atoms with Crippen molar-refractivity contribution in [2.75, 3.05) is 6.61 Å². The van der Waals surface area contributed by atoms with Crippen LogP contribution >= 0.6 is 15.9 Å². The molecule has 0 amide bonds. The first-order valence-electron chi connectivity index (χ1n) is 6.57. The van der Waals surface area contributed by atoms with E-state index < -0.39 is 0 Å². The SMILES string of the molecule is C#CCOc1ccc(C=Nc2ccc(C)c(C)c2)cc1Br. The maximum atomic E-state index is 5.41. The number of nitrogens with zero attached hydrogens (tertiary/aromatic N) is 1. The number of aryl methyl sites for hydroxylation is 2. The normalized spacial score (nSPS) is 10.6. The predicted octanol–water partition coefficient (Wildman–Crippen LogP) is 4.83. The van der Waals surface area contributed by atoms with Crippen LogP contribution in [-0.4, -0.2) is 12.8 Å². The summed E-state index contributed by atoms with van der Waals surface area (Å²) in [5.74, 6) is 3.18. The quantitative estimate of drug-likeness (QED) is 0.576. The van der Waals surface area contributed by atoms with Crippen LogP contribution in [0.25, 0.3) is 0 Å². The molecule has 2 nitrogen and oxygen atoms in total. The van der Waals surface area contributed by atoms with E-state index in [9.17, 15) is 0 Å². The fourth-order valence-electron chi connectivity index (χ4n) is 1.79. The molecule has 2 rings (SSSR count). The lowest BCUT2D eigenvalue weighted by Gasteiger charge is -2.05. The summed E-state index contributed by atoms with van der Waals surface area (Å²) < 4.78 is 6.27. The molecule has 0 radical (unpaired) electrons. The molecule has 0 atom stereocenters. The largest absolute Gasteiger partial charge is 0.480 e. The topological polar surface area (TPSA) is 21.6 Å². The Morgan fingerprint density at radius 1 is 1.19 bits per heavy atom. The Hall–Kier alpha value is -2.05. The van der Waals surface area contributed by atoms with Gasteiger partial charge in [-0.05, 0) is 76.8 Å². The standard InChI is InChI=1S/C18H16BrNO/c1-4-9-21-18-8-6-15(11-17(18)19)12-20-16-7-5-13(2)14(3)10-16/h1,5-8,10-12H,9H2,2-3H3. The zero-order valence-electron chi connectivity index (χ0n) is 12.1. The fraction of sp³-hybridized carbons (Fsp3) is 0.167. The van der Waals surface area contributed by atoms with Crippen molar-refractivity contribution >= 4 is 27.8 Å². The lowest BCUT2D eigenvalue weighted by atomic mass is 10.1. The maximum Gasteiger partial charge on any atom is 0.148 e. The molecular weight excluding hydrogens is 326 g/mol. The van der Waals surface area contributed by atoms with Crippen LogP contribution in [0.4, 0.5) is 5.69 Å². The van der Waals surface area contributed by atoms with Gasteiger partial charge in [0.2, 0.25) is 0 Å². The highest BCUT2D eigenvalue weighted by Crippen LogP contribution is 2.25. The van der Waals surface area contributed by atoms with E-state index in [0.717, 1.165) is 21.5 Å². The molecule has 0 fully saturated rings. The van der Waals surface area contributed by atoms with Gasteiger partial charge >= 0.3 is 0 Å². The predicted molar refractivity (Wildman–Crippen MR) is 91.6 cm³/mol. The van der Waals surface area contributed by atoms with E-state index in [1.54, 1.807) is 0 Å².